The lowest BCUT2D eigenvalue weighted by Gasteiger charge is -2.13. The molecule has 0 aliphatic heterocycles. The maximum atomic E-state index is 12.2. The first-order chi connectivity index (χ1) is 13.0. The molecule has 0 unspecified atom stereocenters. The number of amides is 1. The molecule has 0 spiro atoms. The van der Waals surface area contributed by atoms with Gasteiger partial charge in [-0.15, -0.1) is 0 Å². The van der Waals surface area contributed by atoms with Crippen molar-refractivity contribution in [3.63, 3.8) is 0 Å². The zero-order valence-electron chi connectivity index (χ0n) is 15.1. The first-order valence-electron chi connectivity index (χ1n) is 7.79. The van der Waals surface area contributed by atoms with Crippen LogP contribution in [0.2, 0.25) is 0 Å². The van der Waals surface area contributed by atoms with E-state index in [1.54, 1.807) is 24.3 Å². The summed E-state index contributed by atoms with van der Waals surface area (Å²) in [6, 6.07) is 11.1. The lowest BCUT2D eigenvalue weighted by atomic mass is 10.2. The highest BCUT2D eigenvalue weighted by molar-refractivity contribution is 5.96. The maximum absolute atomic E-state index is 12.2. The van der Waals surface area contributed by atoms with E-state index in [2.05, 4.69) is 5.32 Å². The highest BCUT2D eigenvalue weighted by Gasteiger charge is 2.18. The van der Waals surface area contributed by atoms with Gasteiger partial charge in [0.1, 0.15) is 0 Å². The highest BCUT2D eigenvalue weighted by atomic mass is 16.5. The Kier molecular flexibility index (Phi) is 6.61. The third-order valence-electron chi connectivity index (χ3n) is 3.53. The maximum Gasteiger partial charge on any atom is 0.338 e. The minimum Gasteiger partial charge on any atom is -0.493 e. The summed E-state index contributed by atoms with van der Waals surface area (Å²) in [4.78, 5) is 24.2. The first kappa shape index (κ1) is 19.6. The van der Waals surface area contributed by atoms with E-state index in [0.717, 1.165) is 0 Å². The van der Waals surface area contributed by atoms with Crippen molar-refractivity contribution in [2.75, 3.05) is 33.3 Å². The van der Waals surface area contributed by atoms with Crippen molar-refractivity contribution < 1.29 is 28.5 Å². The molecule has 2 aromatic carbocycles. The molecular weight excluding hydrogens is 352 g/mol. The van der Waals surface area contributed by atoms with Crippen LogP contribution in [0, 0.1) is 11.3 Å². The van der Waals surface area contributed by atoms with Gasteiger partial charge < -0.3 is 24.3 Å². The van der Waals surface area contributed by atoms with Gasteiger partial charge in [-0.1, -0.05) is 0 Å². The van der Waals surface area contributed by atoms with Gasteiger partial charge in [0.2, 0.25) is 5.75 Å². The molecule has 2 aromatic rings. The molecular formula is C19H18N2O6. The highest BCUT2D eigenvalue weighted by Crippen LogP contribution is 2.38. The molecule has 1 N–H and O–H groups in total. The molecule has 0 radical (unpaired) electrons. The normalized spacial score (nSPS) is 9.70. The number of rotatable bonds is 7. The Hall–Kier alpha value is -3.73. The zero-order chi connectivity index (χ0) is 19.8. The minimum atomic E-state index is -0.718. The van der Waals surface area contributed by atoms with Crippen LogP contribution in [-0.2, 0) is 9.53 Å². The van der Waals surface area contributed by atoms with E-state index < -0.39 is 18.5 Å². The summed E-state index contributed by atoms with van der Waals surface area (Å²) in [5.41, 5.74) is 1.11. The number of esters is 1. The fourth-order valence-electron chi connectivity index (χ4n) is 2.24. The number of anilines is 1. The van der Waals surface area contributed by atoms with Crippen LogP contribution in [0.5, 0.6) is 17.2 Å². The lowest BCUT2D eigenvalue weighted by Crippen LogP contribution is -2.21. The second-order valence-corrected chi connectivity index (χ2v) is 5.23. The minimum absolute atomic E-state index is 0.149. The van der Waals surface area contributed by atoms with Crippen molar-refractivity contribution in [2.24, 2.45) is 0 Å². The molecule has 0 atom stereocenters. The Morgan fingerprint density at radius 1 is 1.00 bits per heavy atom. The molecule has 1 amide bonds. The topological polar surface area (TPSA) is 107 Å². The molecule has 0 aliphatic rings. The molecule has 8 heteroatoms. The quantitative estimate of drug-likeness (QED) is 0.746. The van der Waals surface area contributed by atoms with Crippen LogP contribution in [0.25, 0.3) is 0 Å². The molecule has 8 nitrogen and oxygen atoms in total. The van der Waals surface area contributed by atoms with Crippen LogP contribution in [0.1, 0.15) is 15.9 Å². The Morgan fingerprint density at radius 3 is 2.07 bits per heavy atom. The van der Waals surface area contributed by atoms with Gasteiger partial charge >= 0.3 is 5.97 Å². The number of nitrogens with one attached hydrogen (secondary N) is 1. The SMILES string of the molecule is COc1cc(C(=O)OCC(=O)Nc2ccc(C#N)cc2)cc(OC)c1OC. The largest absolute Gasteiger partial charge is 0.493 e. The van der Waals surface area contributed by atoms with Crippen LogP contribution in [0.3, 0.4) is 0 Å². The molecule has 2 rings (SSSR count). The summed E-state index contributed by atoms with van der Waals surface area (Å²) in [5, 5.41) is 11.3. The van der Waals surface area contributed by atoms with E-state index in [-0.39, 0.29) is 5.56 Å². The Balaban J connectivity index is 2.02. The summed E-state index contributed by atoms with van der Waals surface area (Å²) in [7, 11) is 4.31. The van der Waals surface area contributed by atoms with Crippen molar-refractivity contribution in [3.8, 4) is 23.3 Å². The second kappa shape index (κ2) is 9.10. The van der Waals surface area contributed by atoms with Crippen molar-refractivity contribution in [2.45, 2.75) is 0 Å². The third-order valence-corrected chi connectivity index (χ3v) is 3.53. The average molecular weight is 370 g/mol. The number of carbonyl (C=O) groups excluding carboxylic acids is 2. The summed E-state index contributed by atoms with van der Waals surface area (Å²) in [6.07, 6.45) is 0. The molecule has 0 aliphatic carbocycles. The number of nitrogens with zero attached hydrogens (tertiary/aromatic N) is 1. The summed E-state index contributed by atoms with van der Waals surface area (Å²) in [6.45, 7) is -0.477. The van der Waals surface area contributed by atoms with Gasteiger partial charge in [-0.3, -0.25) is 4.79 Å². The number of ether oxygens (including phenoxy) is 4. The van der Waals surface area contributed by atoms with E-state index in [1.807, 2.05) is 6.07 Å². The Morgan fingerprint density at radius 2 is 1.59 bits per heavy atom. The van der Waals surface area contributed by atoms with E-state index in [4.69, 9.17) is 24.2 Å². The molecule has 140 valence electrons. The summed E-state index contributed by atoms with van der Waals surface area (Å²) >= 11 is 0. The van der Waals surface area contributed by atoms with Crippen LogP contribution in [0.15, 0.2) is 36.4 Å². The number of hydrogen-bond acceptors (Lipinski definition) is 7. The molecule has 0 bridgehead atoms. The monoisotopic (exact) mass is 370 g/mol. The van der Waals surface area contributed by atoms with Gasteiger partial charge in [-0.05, 0) is 36.4 Å². The van der Waals surface area contributed by atoms with Crippen molar-refractivity contribution >= 4 is 17.6 Å². The molecule has 0 fully saturated rings. The van der Waals surface area contributed by atoms with E-state index in [9.17, 15) is 9.59 Å². The second-order valence-electron chi connectivity index (χ2n) is 5.23. The fourth-order valence-corrected chi connectivity index (χ4v) is 2.24. The average Bonchev–Trinajstić information content (AvgIpc) is 2.71. The number of methoxy groups -OCH3 is 3. The molecule has 0 heterocycles. The molecule has 0 saturated heterocycles. The first-order valence-corrected chi connectivity index (χ1v) is 7.79. The van der Waals surface area contributed by atoms with Crippen molar-refractivity contribution in [3.05, 3.63) is 47.5 Å². The predicted molar refractivity (Wildman–Crippen MR) is 96.2 cm³/mol. The van der Waals surface area contributed by atoms with Gasteiger partial charge in [-0.25, -0.2) is 4.79 Å². The smallest absolute Gasteiger partial charge is 0.338 e. The molecule has 27 heavy (non-hydrogen) atoms. The van der Waals surface area contributed by atoms with Crippen LogP contribution in [-0.4, -0.2) is 39.8 Å². The Labute approximate surface area is 156 Å². The third kappa shape index (κ3) is 4.89. The van der Waals surface area contributed by atoms with Gasteiger partial charge in [0.05, 0.1) is 38.5 Å². The predicted octanol–water partition coefficient (Wildman–Crippen LogP) is 2.38. The number of benzene rings is 2. The van der Waals surface area contributed by atoms with Crippen molar-refractivity contribution in [1.82, 2.24) is 0 Å². The standard InChI is InChI=1S/C19H18N2O6/c1-24-15-8-13(9-16(25-2)18(15)26-3)19(23)27-11-17(22)21-14-6-4-12(10-20)5-7-14/h4-9H,11H2,1-3H3,(H,21,22). The fraction of sp³-hybridized carbons (Fsp3) is 0.211. The van der Waals surface area contributed by atoms with Crippen molar-refractivity contribution in [1.29, 1.82) is 5.26 Å². The van der Waals surface area contributed by atoms with Crippen LogP contribution in [0.4, 0.5) is 5.69 Å². The summed E-state index contributed by atoms with van der Waals surface area (Å²) in [5.74, 6) is -0.295. The van der Waals surface area contributed by atoms with E-state index in [0.29, 0.717) is 28.5 Å². The zero-order valence-corrected chi connectivity index (χ0v) is 15.1. The van der Waals surface area contributed by atoms with Gasteiger partial charge in [-0.2, -0.15) is 5.26 Å². The van der Waals surface area contributed by atoms with Gasteiger partial charge in [0, 0.05) is 5.69 Å². The van der Waals surface area contributed by atoms with E-state index >= 15 is 0 Å². The van der Waals surface area contributed by atoms with Gasteiger partial charge in [0.15, 0.2) is 18.1 Å². The number of nitriles is 1. The Bertz CT molecular complexity index is 846. The number of hydrogen-bond donors (Lipinski definition) is 1. The van der Waals surface area contributed by atoms with E-state index in [1.165, 1.54) is 33.5 Å². The summed E-state index contributed by atoms with van der Waals surface area (Å²) < 4.78 is 20.6. The van der Waals surface area contributed by atoms with Gasteiger partial charge in [0.25, 0.3) is 5.91 Å². The number of carbonyl (C=O) groups is 2. The van der Waals surface area contributed by atoms with Crippen LogP contribution < -0.4 is 19.5 Å². The van der Waals surface area contributed by atoms with Crippen LogP contribution >= 0.6 is 0 Å². The molecule has 0 aromatic heterocycles. The lowest BCUT2D eigenvalue weighted by molar-refractivity contribution is -0.119. The molecule has 0 saturated carbocycles.